The van der Waals surface area contributed by atoms with E-state index in [1.54, 1.807) is 0 Å². The topological polar surface area (TPSA) is 33.6 Å². The summed E-state index contributed by atoms with van der Waals surface area (Å²) >= 11 is 5.52. The minimum absolute atomic E-state index is 0.495. The Bertz CT molecular complexity index is 645. The molecule has 1 fully saturated rings. The molecule has 1 N–H and O–H groups in total. The van der Waals surface area contributed by atoms with E-state index in [2.05, 4.69) is 34.4 Å². The fourth-order valence-corrected chi connectivity index (χ4v) is 3.90. The lowest BCUT2D eigenvalue weighted by molar-refractivity contribution is 0.223. The first-order valence-corrected chi connectivity index (χ1v) is 7.53. The van der Waals surface area contributed by atoms with Gasteiger partial charge in [-0.3, -0.25) is 4.57 Å². The quantitative estimate of drug-likeness (QED) is 0.783. The number of aryl methyl sites for hydroxylation is 1. The van der Waals surface area contributed by atoms with Crippen LogP contribution in [0.5, 0.6) is 0 Å². The van der Waals surface area contributed by atoms with Crippen molar-refractivity contribution in [3.8, 4) is 0 Å². The molecule has 3 rings (SSSR count). The Balaban J connectivity index is 2.11. The second-order valence-electron chi connectivity index (χ2n) is 6.20. The van der Waals surface area contributed by atoms with Crippen LogP contribution in [-0.4, -0.2) is 14.5 Å². The van der Waals surface area contributed by atoms with Gasteiger partial charge in [-0.15, -0.1) is 0 Å². The van der Waals surface area contributed by atoms with Crippen molar-refractivity contribution < 1.29 is 0 Å². The van der Waals surface area contributed by atoms with Gasteiger partial charge in [-0.1, -0.05) is 13.8 Å². The van der Waals surface area contributed by atoms with Gasteiger partial charge in [-0.2, -0.15) is 0 Å². The number of imidazole rings is 1. The van der Waals surface area contributed by atoms with E-state index in [0.717, 1.165) is 33.5 Å². The standard InChI is InChI=1S/C15H21N3S/c1-9-6-10(2)8-12(7-9)18-14-13(17-15(18)19)5-4-11(3)16-14/h4-5,9-10,12H,6-8H2,1-3H3,(H,17,19). The maximum Gasteiger partial charge on any atom is 0.179 e. The third kappa shape index (κ3) is 2.34. The first kappa shape index (κ1) is 12.9. The molecule has 19 heavy (non-hydrogen) atoms. The molecule has 0 amide bonds. The van der Waals surface area contributed by atoms with Crippen LogP contribution in [0.15, 0.2) is 12.1 Å². The fraction of sp³-hybridized carbons (Fsp3) is 0.600. The summed E-state index contributed by atoms with van der Waals surface area (Å²) in [6.45, 7) is 6.73. The average molecular weight is 275 g/mol. The maximum atomic E-state index is 5.52. The second-order valence-corrected chi connectivity index (χ2v) is 6.58. The molecule has 0 bridgehead atoms. The molecular weight excluding hydrogens is 254 g/mol. The van der Waals surface area contributed by atoms with Crippen LogP contribution in [0.1, 0.15) is 44.8 Å². The molecule has 0 saturated heterocycles. The third-order valence-electron chi connectivity index (χ3n) is 4.22. The predicted octanol–water partition coefficient (Wildman–Crippen LogP) is 4.40. The molecule has 0 spiro atoms. The highest BCUT2D eigenvalue weighted by Gasteiger charge is 2.27. The highest BCUT2D eigenvalue weighted by Crippen LogP contribution is 2.37. The van der Waals surface area contributed by atoms with Gasteiger partial charge in [-0.25, -0.2) is 4.98 Å². The zero-order valence-electron chi connectivity index (χ0n) is 11.8. The van der Waals surface area contributed by atoms with E-state index < -0.39 is 0 Å². The zero-order valence-corrected chi connectivity index (χ0v) is 12.6. The van der Waals surface area contributed by atoms with Crippen molar-refractivity contribution in [3.63, 3.8) is 0 Å². The molecule has 3 nitrogen and oxygen atoms in total. The van der Waals surface area contributed by atoms with Gasteiger partial charge < -0.3 is 4.98 Å². The van der Waals surface area contributed by atoms with Crippen molar-refractivity contribution in [2.24, 2.45) is 11.8 Å². The van der Waals surface area contributed by atoms with E-state index in [9.17, 15) is 0 Å². The molecule has 2 unspecified atom stereocenters. The lowest BCUT2D eigenvalue weighted by Crippen LogP contribution is -2.23. The van der Waals surface area contributed by atoms with Crippen LogP contribution in [-0.2, 0) is 0 Å². The lowest BCUT2D eigenvalue weighted by atomic mass is 9.80. The van der Waals surface area contributed by atoms with E-state index in [-0.39, 0.29) is 0 Å². The number of aromatic nitrogens is 3. The van der Waals surface area contributed by atoms with Crippen LogP contribution in [0.2, 0.25) is 0 Å². The molecule has 0 aliphatic heterocycles. The van der Waals surface area contributed by atoms with Crippen LogP contribution in [0.3, 0.4) is 0 Å². The van der Waals surface area contributed by atoms with Gasteiger partial charge in [0.2, 0.25) is 0 Å². The van der Waals surface area contributed by atoms with Crippen molar-refractivity contribution in [2.45, 2.75) is 46.1 Å². The van der Waals surface area contributed by atoms with Crippen molar-refractivity contribution in [3.05, 3.63) is 22.6 Å². The number of aromatic amines is 1. The number of H-pyrrole nitrogens is 1. The summed E-state index contributed by atoms with van der Waals surface area (Å²) in [6, 6.07) is 4.61. The van der Waals surface area contributed by atoms with E-state index in [1.807, 2.05) is 13.0 Å². The van der Waals surface area contributed by atoms with Crippen LogP contribution in [0.4, 0.5) is 0 Å². The van der Waals surface area contributed by atoms with Gasteiger partial charge in [0.1, 0.15) is 0 Å². The first-order valence-electron chi connectivity index (χ1n) is 7.12. The molecule has 2 aromatic heterocycles. The molecule has 2 aromatic rings. The van der Waals surface area contributed by atoms with Crippen LogP contribution < -0.4 is 0 Å². The number of hydrogen-bond donors (Lipinski definition) is 1. The number of fused-ring (bicyclic) bond motifs is 1. The normalized spacial score (nSPS) is 27.8. The summed E-state index contributed by atoms with van der Waals surface area (Å²) in [5, 5.41) is 0. The van der Waals surface area contributed by atoms with Gasteiger partial charge in [0, 0.05) is 11.7 Å². The summed E-state index contributed by atoms with van der Waals surface area (Å²) < 4.78 is 3.07. The van der Waals surface area contributed by atoms with E-state index in [0.29, 0.717) is 6.04 Å². The van der Waals surface area contributed by atoms with Crippen molar-refractivity contribution >= 4 is 23.4 Å². The Labute approximate surface area is 119 Å². The Morgan fingerprint density at radius 2 is 1.89 bits per heavy atom. The fourth-order valence-electron chi connectivity index (χ4n) is 3.55. The van der Waals surface area contributed by atoms with Gasteiger partial charge in [0.05, 0.1) is 5.52 Å². The molecule has 2 atom stereocenters. The average Bonchev–Trinajstić information content (AvgIpc) is 2.63. The molecule has 4 heteroatoms. The Morgan fingerprint density at radius 3 is 2.58 bits per heavy atom. The molecule has 2 heterocycles. The van der Waals surface area contributed by atoms with Gasteiger partial charge >= 0.3 is 0 Å². The van der Waals surface area contributed by atoms with Crippen molar-refractivity contribution in [1.29, 1.82) is 0 Å². The largest absolute Gasteiger partial charge is 0.329 e. The molecule has 1 aliphatic carbocycles. The van der Waals surface area contributed by atoms with Crippen molar-refractivity contribution in [1.82, 2.24) is 14.5 Å². The minimum Gasteiger partial charge on any atom is -0.329 e. The Kier molecular flexibility index (Phi) is 3.21. The molecule has 102 valence electrons. The summed E-state index contributed by atoms with van der Waals surface area (Å²) in [5.74, 6) is 1.54. The SMILES string of the molecule is Cc1ccc2[nH]c(=S)n(C3CC(C)CC(C)C3)c2n1. The van der Waals surface area contributed by atoms with E-state index >= 15 is 0 Å². The van der Waals surface area contributed by atoms with Gasteiger partial charge in [0.25, 0.3) is 0 Å². The molecular formula is C15H21N3S. The van der Waals surface area contributed by atoms with E-state index in [1.165, 1.54) is 19.3 Å². The Hall–Kier alpha value is -1.16. The summed E-state index contributed by atoms with van der Waals surface area (Å²) in [7, 11) is 0. The van der Waals surface area contributed by atoms with Gasteiger partial charge in [-0.05, 0) is 62.4 Å². The lowest BCUT2D eigenvalue weighted by Gasteiger charge is -2.32. The number of rotatable bonds is 1. The van der Waals surface area contributed by atoms with Crippen molar-refractivity contribution in [2.75, 3.05) is 0 Å². The minimum atomic E-state index is 0.495. The number of pyridine rings is 1. The second kappa shape index (κ2) is 4.75. The summed E-state index contributed by atoms with van der Waals surface area (Å²) in [4.78, 5) is 7.98. The van der Waals surface area contributed by atoms with E-state index in [4.69, 9.17) is 12.2 Å². The van der Waals surface area contributed by atoms with Crippen LogP contribution >= 0.6 is 12.2 Å². The van der Waals surface area contributed by atoms with Crippen LogP contribution in [0, 0.1) is 23.5 Å². The van der Waals surface area contributed by atoms with Crippen LogP contribution in [0.25, 0.3) is 11.2 Å². The molecule has 0 aromatic carbocycles. The number of nitrogens with one attached hydrogen (secondary N) is 1. The predicted molar refractivity (Wildman–Crippen MR) is 80.9 cm³/mol. The first-order chi connectivity index (χ1) is 9.04. The zero-order chi connectivity index (χ0) is 13.6. The maximum absolute atomic E-state index is 5.52. The number of nitrogens with zero attached hydrogens (tertiary/aromatic N) is 2. The van der Waals surface area contributed by atoms with Gasteiger partial charge in [0.15, 0.2) is 10.4 Å². The highest BCUT2D eigenvalue weighted by atomic mass is 32.1. The Morgan fingerprint density at radius 1 is 1.21 bits per heavy atom. The summed E-state index contributed by atoms with van der Waals surface area (Å²) in [6.07, 6.45) is 3.75. The smallest absolute Gasteiger partial charge is 0.179 e. The monoisotopic (exact) mass is 275 g/mol. The third-order valence-corrected chi connectivity index (χ3v) is 4.52. The number of hydrogen-bond acceptors (Lipinski definition) is 2. The molecule has 1 aliphatic rings. The highest BCUT2D eigenvalue weighted by molar-refractivity contribution is 7.71. The molecule has 1 saturated carbocycles. The molecule has 0 radical (unpaired) electrons. The summed E-state index contributed by atoms with van der Waals surface area (Å²) in [5.41, 5.74) is 3.13.